The van der Waals surface area contributed by atoms with Crippen molar-refractivity contribution in [2.24, 2.45) is 0 Å². The van der Waals surface area contributed by atoms with Crippen LogP contribution in [0.2, 0.25) is 0 Å². The molecule has 0 heterocycles. The van der Waals surface area contributed by atoms with Crippen molar-refractivity contribution >= 4 is 13.3 Å². The Balaban J connectivity index is 4.25. The van der Waals surface area contributed by atoms with Crippen molar-refractivity contribution in [3.05, 3.63) is 0 Å². The number of unbranched alkanes of at least 4 members (excludes halogenated alkanes) is 2. The molecule has 0 spiro atoms. The molecule has 0 unspecified atom stereocenters. The van der Waals surface area contributed by atoms with Gasteiger partial charge >= 0.3 is 13.3 Å². The largest absolute Gasteiger partial charge is 0.460 e. The fraction of sp³-hybridized carbons (Fsp3) is 0.900. The number of hydrogen-bond donors (Lipinski definition) is 0. The normalized spacial score (nSPS) is 11.4. The van der Waals surface area contributed by atoms with E-state index in [2.05, 4.69) is 4.74 Å². The minimum absolute atomic E-state index is 0.245. The predicted molar refractivity (Wildman–Crippen MR) is 61.7 cm³/mol. The van der Waals surface area contributed by atoms with Gasteiger partial charge in [-0.1, -0.05) is 26.7 Å². The minimum Gasteiger partial charge on any atom is -0.460 e. The Kier molecular flexibility index (Phi) is 8.53. The maximum absolute atomic E-state index is 12.0. The summed E-state index contributed by atoms with van der Waals surface area (Å²) in [6.07, 6.45) is 3.27. The summed E-state index contributed by atoms with van der Waals surface area (Å²) in [5.41, 5.74) is -0.917. The fourth-order valence-electron chi connectivity index (χ4n) is 0.913. The molecule has 0 bridgehead atoms. The van der Waals surface area contributed by atoms with Gasteiger partial charge in [0, 0.05) is 0 Å². The van der Waals surface area contributed by atoms with Gasteiger partial charge in [0.15, 0.2) is 0 Å². The molecule has 6 heteroatoms. The Hall–Kier alpha value is -0.380. The van der Waals surface area contributed by atoms with Crippen molar-refractivity contribution in [3.63, 3.8) is 0 Å². The molecule has 0 rings (SSSR count). The van der Waals surface area contributed by atoms with E-state index in [-0.39, 0.29) is 13.2 Å². The second-order valence-corrected chi connectivity index (χ2v) is 5.22. The van der Waals surface area contributed by atoms with Crippen molar-refractivity contribution in [3.8, 4) is 0 Å². The van der Waals surface area contributed by atoms with E-state index in [1.807, 2.05) is 13.8 Å². The van der Waals surface area contributed by atoms with Crippen LogP contribution in [0.15, 0.2) is 0 Å². The van der Waals surface area contributed by atoms with Crippen molar-refractivity contribution in [2.75, 3.05) is 20.3 Å². The smallest absolute Gasteiger partial charge is 0.438 e. The van der Waals surface area contributed by atoms with E-state index in [9.17, 15) is 9.36 Å². The second kappa shape index (κ2) is 8.74. The molecule has 5 nitrogen and oxygen atoms in total. The number of ether oxygens (including phenoxy) is 1. The summed E-state index contributed by atoms with van der Waals surface area (Å²) in [4.78, 5) is 11.3. The van der Waals surface area contributed by atoms with Crippen molar-refractivity contribution in [1.29, 1.82) is 0 Å². The summed E-state index contributed by atoms with van der Waals surface area (Å²) in [5.74, 6) is 0. The van der Waals surface area contributed by atoms with Crippen LogP contribution in [0.4, 0.5) is 4.79 Å². The molecule has 0 aromatic carbocycles. The third-order valence-corrected chi connectivity index (χ3v) is 3.59. The van der Waals surface area contributed by atoms with Gasteiger partial charge in [0.2, 0.25) is 0 Å². The highest BCUT2D eigenvalue weighted by molar-refractivity contribution is 7.71. The van der Waals surface area contributed by atoms with Crippen LogP contribution in [0.5, 0.6) is 0 Å². The second-order valence-electron chi connectivity index (χ2n) is 3.34. The molecular formula is C10H21O5P. The Morgan fingerprint density at radius 1 is 1.06 bits per heavy atom. The van der Waals surface area contributed by atoms with E-state index in [1.54, 1.807) is 0 Å². The zero-order valence-corrected chi connectivity index (χ0v) is 11.1. The lowest BCUT2D eigenvalue weighted by atomic mass is 10.4. The quantitative estimate of drug-likeness (QED) is 0.463. The predicted octanol–water partition coefficient (Wildman–Crippen LogP) is 3.58. The highest BCUT2D eigenvalue weighted by Gasteiger charge is 2.36. The minimum atomic E-state index is -3.73. The molecule has 16 heavy (non-hydrogen) atoms. The Bertz CT molecular complexity index is 227. The Morgan fingerprint density at radius 3 is 1.81 bits per heavy atom. The number of carbonyl (C=O) groups excluding carboxylic acids is 1. The van der Waals surface area contributed by atoms with Gasteiger partial charge < -0.3 is 13.8 Å². The van der Waals surface area contributed by atoms with Crippen LogP contribution in [-0.2, 0) is 18.3 Å². The maximum atomic E-state index is 12.0. The highest BCUT2D eigenvalue weighted by atomic mass is 31.2. The molecule has 0 aliphatic carbocycles. The van der Waals surface area contributed by atoms with Crippen LogP contribution < -0.4 is 0 Å². The molecule has 0 saturated carbocycles. The molecule has 0 aliphatic rings. The molecule has 0 aromatic rings. The first-order chi connectivity index (χ1) is 7.60. The fourth-order valence-corrected chi connectivity index (χ4v) is 2.16. The van der Waals surface area contributed by atoms with Crippen LogP contribution in [0.1, 0.15) is 39.5 Å². The van der Waals surface area contributed by atoms with E-state index < -0.39 is 13.3 Å². The zero-order valence-electron chi connectivity index (χ0n) is 10.2. The molecule has 0 fully saturated rings. The zero-order chi connectivity index (χ0) is 12.4. The first-order valence-electron chi connectivity index (χ1n) is 5.58. The molecule has 0 radical (unpaired) electrons. The molecule has 96 valence electrons. The van der Waals surface area contributed by atoms with Gasteiger partial charge in [0.1, 0.15) is 0 Å². The maximum Gasteiger partial charge on any atom is 0.438 e. The van der Waals surface area contributed by atoms with Crippen molar-refractivity contribution in [2.45, 2.75) is 39.5 Å². The Morgan fingerprint density at radius 2 is 1.50 bits per heavy atom. The summed E-state index contributed by atoms with van der Waals surface area (Å²) < 4.78 is 26.5. The number of methoxy groups -OCH3 is 1. The monoisotopic (exact) mass is 252 g/mol. The van der Waals surface area contributed by atoms with Crippen LogP contribution in [-0.4, -0.2) is 26.0 Å². The van der Waals surface area contributed by atoms with Gasteiger partial charge in [-0.2, -0.15) is 0 Å². The van der Waals surface area contributed by atoms with E-state index in [1.165, 1.54) is 7.11 Å². The summed E-state index contributed by atoms with van der Waals surface area (Å²) >= 11 is 0. The van der Waals surface area contributed by atoms with Gasteiger partial charge in [-0.25, -0.2) is 9.36 Å². The van der Waals surface area contributed by atoms with Gasteiger partial charge in [-0.3, -0.25) is 0 Å². The topological polar surface area (TPSA) is 61.8 Å². The third kappa shape index (κ3) is 5.64. The SMILES string of the molecule is CCCCOP(=O)(OCCCC)C(=O)OC. The molecule has 0 amide bonds. The Labute approximate surface area is 97.0 Å². The lowest BCUT2D eigenvalue weighted by molar-refractivity contribution is 0.160. The molecular weight excluding hydrogens is 231 g/mol. The van der Waals surface area contributed by atoms with Crippen LogP contribution in [0.3, 0.4) is 0 Å². The first kappa shape index (κ1) is 15.6. The summed E-state index contributed by atoms with van der Waals surface area (Å²) in [7, 11) is -2.56. The number of rotatable bonds is 9. The van der Waals surface area contributed by atoms with E-state index in [0.29, 0.717) is 0 Å². The molecule has 0 saturated heterocycles. The van der Waals surface area contributed by atoms with Gasteiger partial charge in [-0.15, -0.1) is 0 Å². The van der Waals surface area contributed by atoms with Crippen molar-refractivity contribution < 1.29 is 23.1 Å². The average Bonchev–Trinajstić information content (AvgIpc) is 2.28. The van der Waals surface area contributed by atoms with E-state index >= 15 is 0 Å². The van der Waals surface area contributed by atoms with E-state index in [0.717, 1.165) is 25.7 Å². The number of hydrogen-bond acceptors (Lipinski definition) is 5. The highest BCUT2D eigenvalue weighted by Crippen LogP contribution is 2.50. The summed E-state index contributed by atoms with van der Waals surface area (Å²) in [6, 6.07) is 0. The van der Waals surface area contributed by atoms with Crippen molar-refractivity contribution in [1.82, 2.24) is 0 Å². The third-order valence-electron chi connectivity index (χ3n) is 1.92. The van der Waals surface area contributed by atoms with E-state index in [4.69, 9.17) is 9.05 Å². The summed E-state index contributed by atoms with van der Waals surface area (Å²) in [5, 5.41) is 0. The standard InChI is InChI=1S/C10H21O5P/c1-4-6-8-14-16(12,10(11)13-3)15-9-7-5-2/h4-9H2,1-3H3. The van der Waals surface area contributed by atoms with Crippen LogP contribution in [0.25, 0.3) is 0 Å². The molecule has 0 aromatic heterocycles. The molecule has 0 atom stereocenters. The molecule has 0 aliphatic heterocycles. The van der Waals surface area contributed by atoms with Gasteiger partial charge in [0.25, 0.3) is 0 Å². The van der Waals surface area contributed by atoms with Gasteiger partial charge in [0.05, 0.1) is 20.3 Å². The van der Waals surface area contributed by atoms with Crippen LogP contribution in [0, 0.1) is 0 Å². The van der Waals surface area contributed by atoms with Crippen LogP contribution >= 0.6 is 7.60 Å². The summed E-state index contributed by atoms with van der Waals surface area (Å²) in [6.45, 7) is 4.44. The first-order valence-corrected chi connectivity index (χ1v) is 7.12. The average molecular weight is 252 g/mol. The van der Waals surface area contributed by atoms with Gasteiger partial charge in [-0.05, 0) is 12.8 Å². The lowest BCUT2D eigenvalue weighted by Crippen LogP contribution is -2.08. The lowest BCUT2D eigenvalue weighted by Gasteiger charge is -2.15. The number of carbonyl (C=O) groups is 1. The molecule has 0 N–H and O–H groups in total.